The molecule has 1 saturated carbocycles. The number of hydrogen-bond donors (Lipinski definition) is 2. The van der Waals surface area contributed by atoms with E-state index in [2.05, 4.69) is 10.3 Å². The van der Waals surface area contributed by atoms with Crippen LogP contribution in [-0.4, -0.2) is 34.8 Å². The molecular weight excluding hydrogens is 334 g/mol. The summed E-state index contributed by atoms with van der Waals surface area (Å²) < 4.78 is 10.9. The van der Waals surface area contributed by atoms with Crippen LogP contribution >= 0.6 is 0 Å². The van der Waals surface area contributed by atoms with Crippen molar-refractivity contribution in [1.29, 1.82) is 0 Å². The van der Waals surface area contributed by atoms with Gasteiger partial charge < -0.3 is 20.5 Å². The Hall–Kier alpha value is -2.31. The van der Waals surface area contributed by atoms with E-state index in [1.165, 1.54) is 6.92 Å². The molecule has 1 aliphatic rings. The van der Waals surface area contributed by atoms with Crippen LogP contribution in [-0.2, 0) is 14.3 Å². The molecule has 0 radical (unpaired) electrons. The normalized spacial score (nSPS) is 26.0. The number of amides is 1. The Morgan fingerprint density at radius 1 is 1.31 bits per heavy atom. The van der Waals surface area contributed by atoms with E-state index in [0.29, 0.717) is 12.1 Å². The minimum absolute atomic E-state index is 0.0603. The zero-order valence-corrected chi connectivity index (χ0v) is 16.1. The van der Waals surface area contributed by atoms with Crippen molar-refractivity contribution in [3.05, 3.63) is 24.0 Å². The number of nitrogens with one attached hydrogen (secondary N) is 1. The largest absolute Gasteiger partial charge is 0.460 e. The maximum absolute atomic E-state index is 12.3. The lowest BCUT2D eigenvalue weighted by atomic mass is 9.74. The van der Waals surface area contributed by atoms with Gasteiger partial charge in [-0.15, -0.1) is 0 Å². The summed E-state index contributed by atoms with van der Waals surface area (Å²) in [5.41, 5.74) is 7.12. The molecule has 0 aromatic carbocycles. The van der Waals surface area contributed by atoms with Crippen LogP contribution in [0, 0.1) is 5.92 Å². The highest BCUT2D eigenvalue weighted by Crippen LogP contribution is 2.39. The number of nitrogens with two attached hydrogens (primary N) is 1. The van der Waals surface area contributed by atoms with E-state index in [-0.39, 0.29) is 23.8 Å². The molecule has 1 fully saturated rings. The van der Waals surface area contributed by atoms with Gasteiger partial charge in [-0.1, -0.05) is 6.92 Å². The number of aromatic nitrogens is 1. The van der Waals surface area contributed by atoms with Crippen molar-refractivity contribution in [3.8, 4) is 0 Å². The number of anilines is 1. The molecule has 144 valence electrons. The first kappa shape index (κ1) is 20.0. The van der Waals surface area contributed by atoms with Crippen LogP contribution in [0.25, 0.3) is 0 Å². The number of carbonyl (C=O) groups excluding carboxylic acids is 2. The number of rotatable bonds is 3. The monoisotopic (exact) mass is 363 g/mol. The molecule has 1 heterocycles. The zero-order valence-electron chi connectivity index (χ0n) is 16.1. The lowest BCUT2D eigenvalue weighted by Gasteiger charge is -2.40. The number of nitrogens with zero attached hydrogens (tertiary/aromatic N) is 1. The van der Waals surface area contributed by atoms with Gasteiger partial charge in [-0.3, -0.25) is 9.78 Å². The molecule has 1 amide bonds. The fourth-order valence-electron chi connectivity index (χ4n) is 3.55. The van der Waals surface area contributed by atoms with Gasteiger partial charge in [0.25, 0.3) is 0 Å². The van der Waals surface area contributed by atoms with E-state index in [1.807, 2.05) is 13.0 Å². The average molecular weight is 363 g/mol. The Morgan fingerprint density at radius 3 is 2.58 bits per heavy atom. The van der Waals surface area contributed by atoms with E-state index in [4.69, 9.17) is 15.2 Å². The van der Waals surface area contributed by atoms with Gasteiger partial charge >= 0.3 is 12.1 Å². The summed E-state index contributed by atoms with van der Waals surface area (Å²) in [4.78, 5) is 27.8. The minimum atomic E-state index is -0.601. The predicted octanol–water partition coefficient (Wildman–Crippen LogP) is 3.00. The van der Waals surface area contributed by atoms with Gasteiger partial charge in [-0.05, 0) is 57.1 Å². The molecule has 0 bridgehead atoms. The molecule has 2 rings (SSSR count). The van der Waals surface area contributed by atoms with E-state index in [0.717, 1.165) is 12.0 Å². The summed E-state index contributed by atoms with van der Waals surface area (Å²) in [5, 5.41) is 2.89. The summed E-state index contributed by atoms with van der Waals surface area (Å²) in [6, 6.07) is 1.55. The van der Waals surface area contributed by atoms with Crippen LogP contribution in [0.15, 0.2) is 18.5 Å². The predicted molar refractivity (Wildman–Crippen MR) is 98.5 cm³/mol. The third-order valence-electron chi connectivity index (χ3n) is 4.48. The Balaban J connectivity index is 2.21. The Morgan fingerprint density at radius 2 is 2.00 bits per heavy atom. The lowest BCUT2D eigenvalue weighted by Crippen LogP contribution is -2.52. The zero-order chi connectivity index (χ0) is 19.5. The number of pyridine rings is 1. The smallest absolute Gasteiger partial charge is 0.408 e. The van der Waals surface area contributed by atoms with Gasteiger partial charge in [-0.2, -0.15) is 0 Å². The second-order valence-electron chi connectivity index (χ2n) is 7.98. The molecule has 1 aliphatic carbocycles. The molecule has 0 unspecified atom stereocenters. The van der Waals surface area contributed by atoms with E-state index in [1.54, 1.807) is 33.2 Å². The fourth-order valence-corrected chi connectivity index (χ4v) is 3.55. The second kappa shape index (κ2) is 7.93. The van der Waals surface area contributed by atoms with Crippen molar-refractivity contribution in [3.63, 3.8) is 0 Å². The van der Waals surface area contributed by atoms with Crippen molar-refractivity contribution < 1.29 is 19.1 Å². The Bertz CT molecular complexity index is 656. The van der Waals surface area contributed by atoms with Crippen LogP contribution in [0.2, 0.25) is 0 Å². The quantitative estimate of drug-likeness (QED) is 0.800. The first-order chi connectivity index (χ1) is 12.1. The minimum Gasteiger partial charge on any atom is -0.460 e. The van der Waals surface area contributed by atoms with Crippen molar-refractivity contribution >= 4 is 17.7 Å². The first-order valence-corrected chi connectivity index (χ1v) is 8.93. The molecule has 1 aromatic heterocycles. The molecule has 26 heavy (non-hydrogen) atoms. The molecule has 0 aliphatic heterocycles. The number of hydrogen-bond acceptors (Lipinski definition) is 6. The molecular formula is C19H29N3O4. The van der Waals surface area contributed by atoms with Crippen molar-refractivity contribution in [2.45, 2.75) is 71.1 Å². The molecule has 3 N–H and O–H groups in total. The number of alkyl carbamates (subject to hydrolysis) is 1. The highest BCUT2D eigenvalue weighted by atomic mass is 16.6. The van der Waals surface area contributed by atoms with Crippen LogP contribution in [0.1, 0.15) is 58.9 Å². The number of ether oxygens (including phenoxy) is 2. The van der Waals surface area contributed by atoms with E-state index < -0.39 is 17.8 Å². The highest BCUT2D eigenvalue weighted by molar-refractivity contribution is 5.69. The lowest BCUT2D eigenvalue weighted by molar-refractivity contribution is -0.152. The highest BCUT2D eigenvalue weighted by Gasteiger charge is 2.40. The van der Waals surface area contributed by atoms with Gasteiger partial charge in [0, 0.05) is 13.1 Å². The second-order valence-corrected chi connectivity index (χ2v) is 7.98. The molecule has 0 saturated heterocycles. The fraction of sp³-hybridized carbons (Fsp3) is 0.632. The van der Waals surface area contributed by atoms with Crippen molar-refractivity contribution in [1.82, 2.24) is 10.3 Å². The van der Waals surface area contributed by atoms with Gasteiger partial charge in [0.05, 0.1) is 17.9 Å². The summed E-state index contributed by atoms with van der Waals surface area (Å²) in [7, 11) is 0. The van der Waals surface area contributed by atoms with Gasteiger partial charge in [0.1, 0.15) is 11.7 Å². The summed E-state index contributed by atoms with van der Waals surface area (Å²) in [6.45, 7) is 8.81. The standard InChI is InChI=1S/C19H29N3O4/c1-11-8-13(14-6-7-21-10-15(14)20)9-16(17(11)25-12(2)23)22-18(24)26-19(3,4)5/h6-7,10-11,13,16-17H,8-9,20H2,1-5H3,(H,22,24)/t11-,13+,16+,17+/m1/s1. The third kappa shape index (κ3) is 5.34. The molecule has 7 heteroatoms. The maximum atomic E-state index is 12.3. The van der Waals surface area contributed by atoms with Crippen LogP contribution in [0.5, 0.6) is 0 Å². The van der Waals surface area contributed by atoms with Crippen LogP contribution in [0.4, 0.5) is 10.5 Å². The van der Waals surface area contributed by atoms with Crippen molar-refractivity contribution in [2.75, 3.05) is 5.73 Å². The summed E-state index contributed by atoms with van der Waals surface area (Å²) in [6.07, 6.45) is 3.84. The third-order valence-corrected chi connectivity index (χ3v) is 4.48. The van der Waals surface area contributed by atoms with Crippen LogP contribution in [0.3, 0.4) is 0 Å². The Kier molecular flexibility index (Phi) is 6.10. The van der Waals surface area contributed by atoms with E-state index >= 15 is 0 Å². The summed E-state index contributed by atoms with van der Waals surface area (Å²) in [5.74, 6) is -0.162. The Labute approximate surface area is 154 Å². The van der Waals surface area contributed by atoms with Gasteiger partial charge in [0.2, 0.25) is 0 Å². The molecule has 7 nitrogen and oxygen atoms in total. The molecule has 0 spiro atoms. The number of nitrogen functional groups attached to an aromatic ring is 1. The van der Waals surface area contributed by atoms with Gasteiger partial charge in [-0.25, -0.2) is 4.79 Å². The maximum Gasteiger partial charge on any atom is 0.408 e. The number of carbonyl (C=O) groups is 2. The van der Waals surface area contributed by atoms with Gasteiger partial charge in [0.15, 0.2) is 0 Å². The van der Waals surface area contributed by atoms with Crippen LogP contribution < -0.4 is 11.1 Å². The summed E-state index contributed by atoms with van der Waals surface area (Å²) >= 11 is 0. The topological polar surface area (TPSA) is 104 Å². The average Bonchev–Trinajstić information content (AvgIpc) is 2.48. The first-order valence-electron chi connectivity index (χ1n) is 8.93. The van der Waals surface area contributed by atoms with Crippen molar-refractivity contribution in [2.24, 2.45) is 5.92 Å². The SMILES string of the molecule is CC(=O)O[C@H]1[C@H](C)C[C@H](c2ccncc2N)C[C@@H]1NC(=O)OC(C)(C)C. The number of esters is 1. The molecule has 4 atom stereocenters. The van der Waals surface area contributed by atoms with E-state index in [9.17, 15) is 9.59 Å². The molecule has 1 aromatic rings.